The first-order valence-corrected chi connectivity index (χ1v) is 8.70. The Morgan fingerprint density at radius 2 is 1.83 bits per heavy atom. The fourth-order valence-corrected chi connectivity index (χ4v) is 4.46. The Balaban J connectivity index is 1.47. The first kappa shape index (κ1) is 15.5. The summed E-state index contributed by atoms with van der Waals surface area (Å²) in [7, 11) is 1.93. The van der Waals surface area contributed by atoms with Crippen LogP contribution in [0.4, 0.5) is 0 Å². The van der Waals surface area contributed by atoms with Crippen LogP contribution in [0.3, 0.4) is 0 Å². The molecule has 4 heteroatoms. The molecule has 1 spiro atoms. The lowest BCUT2D eigenvalue weighted by Crippen LogP contribution is -2.64. The minimum Gasteiger partial charge on any atom is -0.465 e. The fourth-order valence-electron chi connectivity index (χ4n) is 4.46. The third kappa shape index (κ3) is 2.37. The van der Waals surface area contributed by atoms with Gasteiger partial charge in [0, 0.05) is 7.05 Å². The Morgan fingerprint density at radius 1 is 1.12 bits per heavy atom. The molecule has 1 amide bonds. The summed E-state index contributed by atoms with van der Waals surface area (Å²) in [6.45, 7) is 4.71. The van der Waals surface area contributed by atoms with Crippen molar-refractivity contribution in [3.63, 3.8) is 0 Å². The molecule has 2 aromatic rings. The van der Waals surface area contributed by atoms with Crippen LogP contribution in [0, 0.1) is 12.3 Å². The number of hydrogen-bond acceptors (Lipinski definition) is 3. The number of rotatable bonds is 3. The van der Waals surface area contributed by atoms with Gasteiger partial charge in [0.1, 0.15) is 11.5 Å². The lowest BCUT2D eigenvalue weighted by atomic mass is 9.62. The summed E-state index contributed by atoms with van der Waals surface area (Å²) in [6, 6.07) is 14.7. The Labute approximate surface area is 143 Å². The molecule has 1 unspecified atom stereocenters. The molecule has 3 heterocycles. The van der Waals surface area contributed by atoms with E-state index in [0.29, 0.717) is 5.91 Å². The number of hydrogen-bond donors (Lipinski definition) is 0. The van der Waals surface area contributed by atoms with Crippen molar-refractivity contribution >= 4 is 5.91 Å². The third-order valence-corrected chi connectivity index (χ3v) is 5.70. The second kappa shape index (κ2) is 5.78. The van der Waals surface area contributed by atoms with Crippen molar-refractivity contribution in [1.29, 1.82) is 0 Å². The van der Waals surface area contributed by atoms with Crippen molar-refractivity contribution in [2.24, 2.45) is 5.41 Å². The number of β-lactam (4-membered cyclic amide) rings is 1. The molecule has 4 rings (SSSR count). The zero-order valence-corrected chi connectivity index (χ0v) is 14.4. The summed E-state index contributed by atoms with van der Waals surface area (Å²) < 4.78 is 5.69. The molecule has 2 aliphatic heterocycles. The Hall–Kier alpha value is -2.07. The Morgan fingerprint density at radius 3 is 2.46 bits per heavy atom. The number of carbonyl (C=O) groups is 1. The molecule has 0 radical (unpaired) electrons. The van der Waals surface area contributed by atoms with Gasteiger partial charge in [-0.25, -0.2) is 0 Å². The second-order valence-electron chi connectivity index (χ2n) is 7.17. The molecule has 1 atom stereocenters. The van der Waals surface area contributed by atoms with E-state index in [-0.39, 0.29) is 11.5 Å². The summed E-state index contributed by atoms with van der Waals surface area (Å²) in [4.78, 5) is 17.0. The predicted molar refractivity (Wildman–Crippen MR) is 92.3 cm³/mol. The van der Waals surface area contributed by atoms with E-state index < -0.39 is 0 Å². The normalized spacial score (nSPS) is 23.5. The first-order valence-electron chi connectivity index (χ1n) is 8.70. The molecule has 2 saturated heterocycles. The van der Waals surface area contributed by atoms with Crippen LogP contribution >= 0.6 is 0 Å². The lowest BCUT2D eigenvalue weighted by molar-refractivity contribution is -0.177. The maximum atomic E-state index is 12.7. The number of carbonyl (C=O) groups excluding carboxylic acids is 1. The summed E-state index contributed by atoms with van der Waals surface area (Å²) in [5.74, 6) is 2.28. The highest BCUT2D eigenvalue weighted by atomic mass is 16.3. The maximum absolute atomic E-state index is 12.7. The maximum Gasteiger partial charge on any atom is 0.231 e. The molecule has 0 bridgehead atoms. The average molecular weight is 324 g/mol. The summed E-state index contributed by atoms with van der Waals surface area (Å²) in [6.07, 6.45) is 1.85. The molecular formula is C20H24N2O2. The number of benzene rings is 1. The molecule has 24 heavy (non-hydrogen) atoms. The van der Waals surface area contributed by atoms with Crippen molar-refractivity contribution in [3.05, 3.63) is 59.5 Å². The van der Waals surface area contributed by atoms with Crippen LogP contribution in [0.25, 0.3) is 0 Å². The van der Waals surface area contributed by atoms with Gasteiger partial charge in [-0.15, -0.1) is 0 Å². The molecule has 0 aliphatic carbocycles. The Bertz CT molecular complexity index is 729. The first-order chi connectivity index (χ1) is 11.6. The van der Waals surface area contributed by atoms with Gasteiger partial charge in [0.15, 0.2) is 0 Å². The fraction of sp³-hybridized carbons (Fsp3) is 0.450. The number of nitrogens with zero attached hydrogens (tertiary/aromatic N) is 2. The van der Waals surface area contributed by atoms with E-state index in [9.17, 15) is 4.79 Å². The number of amides is 1. The SMILES string of the molecule is Cc1ccc(CN2CCC3(CC2)C(=O)N(C)C3c2ccccc2)o1. The minimum atomic E-state index is -0.203. The second-order valence-corrected chi connectivity index (χ2v) is 7.17. The third-order valence-electron chi connectivity index (χ3n) is 5.70. The molecule has 2 fully saturated rings. The Kier molecular flexibility index (Phi) is 3.72. The summed E-state index contributed by atoms with van der Waals surface area (Å²) >= 11 is 0. The topological polar surface area (TPSA) is 36.7 Å². The highest BCUT2D eigenvalue weighted by Gasteiger charge is 2.59. The van der Waals surface area contributed by atoms with Crippen molar-refractivity contribution in [3.8, 4) is 0 Å². The van der Waals surface area contributed by atoms with Crippen LogP contribution in [0.5, 0.6) is 0 Å². The lowest BCUT2D eigenvalue weighted by Gasteiger charge is -2.58. The smallest absolute Gasteiger partial charge is 0.231 e. The van der Waals surface area contributed by atoms with E-state index in [1.165, 1.54) is 5.56 Å². The van der Waals surface area contributed by atoms with Crippen LogP contribution in [0.15, 0.2) is 46.9 Å². The van der Waals surface area contributed by atoms with Crippen LogP contribution in [0.1, 0.15) is 36.0 Å². The van der Waals surface area contributed by atoms with E-state index in [1.54, 1.807) is 0 Å². The monoisotopic (exact) mass is 324 g/mol. The van der Waals surface area contributed by atoms with E-state index >= 15 is 0 Å². The van der Waals surface area contributed by atoms with Crippen LogP contribution in [0.2, 0.25) is 0 Å². The van der Waals surface area contributed by atoms with Gasteiger partial charge in [0.05, 0.1) is 18.0 Å². The summed E-state index contributed by atoms with van der Waals surface area (Å²) in [5, 5.41) is 0. The van der Waals surface area contributed by atoms with Gasteiger partial charge >= 0.3 is 0 Å². The van der Waals surface area contributed by atoms with Gasteiger partial charge in [-0.3, -0.25) is 9.69 Å². The molecule has 1 aromatic carbocycles. The van der Waals surface area contributed by atoms with Crippen molar-refractivity contribution < 1.29 is 9.21 Å². The number of furan rings is 1. The van der Waals surface area contributed by atoms with E-state index in [0.717, 1.165) is 44.0 Å². The van der Waals surface area contributed by atoms with Crippen LogP contribution in [-0.2, 0) is 11.3 Å². The molecule has 0 N–H and O–H groups in total. The van der Waals surface area contributed by atoms with Crippen molar-refractivity contribution in [1.82, 2.24) is 9.80 Å². The van der Waals surface area contributed by atoms with Gasteiger partial charge in [-0.05, 0) is 50.6 Å². The zero-order chi connectivity index (χ0) is 16.7. The highest BCUT2D eigenvalue weighted by Crippen LogP contribution is 2.55. The number of likely N-dealkylation sites (tertiary alicyclic amines) is 2. The molecule has 4 nitrogen and oxygen atoms in total. The van der Waals surface area contributed by atoms with E-state index in [4.69, 9.17) is 4.42 Å². The average Bonchev–Trinajstić information content (AvgIpc) is 3.02. The highest BCUT2D eigenvalue weighted by molar-refractivity contribution is 5.90. The molecule has 1 aromatic heterocycles. The minimum absolute atomic E-state index is 0.203. The summed E-state index contributed by atoms with van der Waals surface area (Å²) in [5.41, 5.74) is 1.06. The van der Waals surface area contributed by atoms with Crippen LogP contribution < -0.4 is 0 Å². The molecule has 126 valence electrons. The molecule has 2 aliphatic rings. The van der Waals surface area contributed by atoms with Crippen molar-refractivity contribution in [2.45, 2.75) is 32.4 Å². The van der Waals surface area contributed by atoms with Crippen LogP contribution in [-0.4, -0.2) is 35.8 Å². The van der Waals surface area contributed by atoms with Gasteiger partial charge in [-0.2, -0.15) is 0 Å². The van der Waals surface area contributed by atoms with Gasteiger partial charge < -0.3 is 9.32 Å². The van der Waals surface area contributed by atoms with E-state index in [2.05, 4.69) is 35.2 Å². The zero-order valence-electron chi connectivity index (χ0n) is 14.4. The van der Waals surface area contributed by atoms with Crippen molar-refractivity contribution in [2.75, 3.05) is 20.1 Å². The van der Waals surface area contributed by atoms with Gasteiger partial charge in [0.25, 0.3) is 0 Å². The van der Waals surface area contributed by atoms with E-state index in [1.807, 2.05) is 31.0 Å². The largest absolute Gasteiger partial charge is 0.465 e. The standard InChI is InChI=1S/C20H24N2O2/c1-15-8-9-17(24-15)14-22-12-10-20(11-13-22)18(21(2)19(20)23)16-6-4-3-5-7-16/h3-9,18H,10-14H2,1-2H3. The predicted octanol–water partition coefficient (Wildman–Crippen LogP) is 3.38. The number of piperidine rings is 1. The van der Waals surface area contributed by atoms with Gasteiger partial charge in [0.2, 0.25) is 5.91 Å². The quantitative estimate of drug-likeness (QED) is 0.812. The molecule has 0 saturated carbocycles. The number of aryl methyl sites for hydroxylation is 1. The molecular weight excluding hydrogens is 300 g/mol. The van der Waals surface area contributed by atoms with Gasteiger partial charge in [-0.1, -0.05) is 30.3 Å².